The van der Waals surface area contributed by atoms with E-state index in [0.29, 0.717) is 45.0 Å². The Morgan fingerprint density at radius 3 is 2.00 bits per heavy atom. The van der Waals surface area contributed by atoms with E-state index in [0.717, 1.165) is 13.1 Å². The van der Waals surface area contributed by atoms with Crippen LogP contribution in [-0.2, 0) is 14.3 Å². The zero-order valence-electron chi connectivity index (χ0n) is 12.4. The summed E-state index contributed by atoms with van der Waals surface area (Å²) in [5.74, 6) is -0.836. The summed E-state index contributed by atoms with van der Waals surface area (Å²) in [6.45, 7) is 10.7. The molecule has 19 heavy (non-hydrogen) atoms. The van der Waals surface area contributed by atoms with E-state index in [4.69, 9.17) is 14.6 Å². The summed E-state index contributed by atoms with van der Waals surface area (Å²) in [5.41, 5.74) is 0.456. The molecule has 0 spiro atoms. The average molecular weight is 273 g/mol. The van der Waals surface area contributed by atoms with Crippen molar-refractivity contribution >= 4 is 5.97 Å². The van der Waals surface area contributed by atoms with Crippen LogP contribution in [-0.4, -0.2) is 62.0 Å². The van der Waals surface area contributed by atoms with Crippen LogP contribution in [0.5, 0.6) is 0 Å². The molecular formula is C14H27NO4. The van der Waals surface area contributed by atoms with Crippen LogP contribution in [0.15, 0.2) is 11.6 Å². The first-order chi connectivity index (χ1) is 9.15. The minimum absolute atomic E-state index is 0.456. The van der Waals surface area contributed by atoms with Gasteiger partial charge in [-0.25, -0.2) is 4.79 Å². The van der Waals surface area contributed by atoms with Gasteiger partial charge in [0.15, 0.2) is 0 Å². The lowest BCUT2D eigenvalue weighted by atomic mass is 10.2. The minimum atomic E-state index is -0.836. The summed E-state index contributed by atoms with van der Waals surface area (Å²) in [4.78, 5) is 13.1. The Hall–Kier alpha value is -0.910. The summed E-state index contributed by atoms with van der Waals surface area (Å²) in [5, 5.41) is 8.98. The van der Waals surface area contributed by atoms with Crippen molar-refractivity contribution in [3.8, 4) is 0 Å². The Labute approximate surface area is 116 Å². The molecule has 1 N–H and O–H groups in total. The van der Waals surface area contributed by atoms with Crippen LogP contribution in [0.25, 0.3) is 0 Å². The van der Waals surface area contributed by atoms with Gasteiger partial charge in [0.05, 0.1) is 13.2 Å². The molecule has 0 atom stereocenters. The molecule has 112 valence electrons. The van der Waals surface area contributed by atoms with Crippen LogP contribution < -0.4 is 0 Å². The van der Waals surface area contributed by atoms with Gasteiger partial charge in [0.25, 0.3) is 0 Å². The molecular weight excluding hydrogens is 246 g/mol. The van der Waals surface area contributed by atoms with Gasteiger partial charge in [0.1, 0.15) is 0 Å². The summed E-state index contributed by atoms with van der Waals surface area (Å²) >= 11 is 0. The molecule has 0 aromatic rings. The van der Waals surface area contributed by atoms with E-state index in [2.05, 4.69) is 4.90 Å². The lowest BCUT2D eigenvalue weighted by molar-refractivity contribution is -0.132. The minimum Gasteiger partial charge on any atom is -0.478 e. The maximum Gasteiger partial charge on any atom is 0.331 e. The van der Waals surface area contributed by atoms with Crippen LogP contribution in [0.2, 0.25) is 0 Å². The molecule has 0 aliphatic carbocycles. The van der Waals surface area contributed by atoms with Gasteiger partial charge in [-0.3, -0.25) is 4.90 Å². The highest BCUT2D eigenvalue weighted by molar-refractivity contribution is 5.86. The van der Waals surface area contributed by atoms with Crippen molar-refractivity contribution in [2.24, 2.45) is 0 Å². The van der Waals surface area contributed by atoms with E-state index in [1.807, 2.05) is 20.8 Å². The maximum absolute atomic E-state index is 10.9. The van der Waals surface area contributed by atoms with E-state index >= 15 is 0 Å². The van der Waals surface area contributed by atoms with Gasteiger partial charge in [-0.05, 0) is 20.3 Å². The van der Waals surface area contributed by atoms with Gasteiger partial charge in [-0.2, -0.15) is 0 Å². The fourth-order valence-corrected chi connectivity index (χ4v) is 1.59. The van der Waals surface area contributed by atoms with E-state index in [1.165, 1.54) is 0 Å². The molecule has 0 rings (SSSR count). The van der Waals surface area contributed by atoms with E-state index in [1.54, 1.807) is 6.08 Å². The molecule has 0 aliphatic rings. The number of carbonyl (C=O) groups is 1. The molecule has 0 saturated carbocycles. The van der Waals surface area contributed by atoms with Crippen LogP contribution in [0.3, 0.4) is 0 Å². The van der Waals surface area contributed by atoms with Crippen molar-refractivity contribution in [2.75, 3.05) is 46.1 Å². The van der Waals surface area contributed by atoms with Crippen molar-refractivity contribution in [1.29, 1.82) is 0 Å². The maximum atomic E-state index is 10.9. The molecule has 0 aliphatic heterocycles. The van der Waals surface area contributed by atoms with Gasteiger partial charge in [-0.15, -0.1) is 0 Å². The van der Waals surface area contributed by atoms with Crippen LogP contribution in [0.1, 0.15) is 27.2 Å². The first-order valence-corrected chi connectivity index (χ1v) is 6.95. The molecule has 0 heterocycles. The Balaban J connectivity index is 4.25. The first-order valence-electron chi connectivity index (χ1n) is 6.95. The number of hydrogen-bond acceptors (Lipinski definition) is 4. The number of rotatable bonds is 12. The van der Waals surface area contributed by atoms with Gasteiger partial charge in [0.2, 0.25) is 0 Å². The molecule has 0 radical (unpaired) electrons. The molecule has 0 fully saturated rings. The molecule has 0 unspecified atom stereocenters. The quantitative estimate of drug-likeness (QED) is 0.434. The van der Waals surface area contributed by atoms with Gasteiger partial charge in [-0.1, -0.05) is 13.0 Å². The summed E-state index contributed by atoms with van der Waals surface area (Å²) in [7, 11) is 0. The molecule has 0 amide bonds. The number of aliphatic carboxylic acids is 1. The summed E-state index contributed by atoms with van der Waals surface area (Å²) < 4.78 is 10.7. The van der Waals surface area contributed by atoms with Crippen LogP contribution in [0.4, 0.5) is 0 Å². The fraction of sp³-hybridized carbons (Fsp3) is 0.786. The number of hydrogen-bond donors (Lipinski definition) is 1. The summed E-state index contributed by atoms with van der Waals surface area (Å²) in [6.07, 6.45) is 2.32. The van der Waals surface area contributed by atoms with Crippen molar-refractivity contribution in [1.82, 2.24) is 4.90 Å². The van der Waals surface area contributed by atoms with Gasteiger partial charge >= 0.3 is 5.97 Å². The Morgan fingerprint density at radius 2 is 1.63 bits per heavy atom. The van der Waals surface area contributed by atoms with Gasteiger partial charge < -0.3 is 14.6 Å². The average Bonchev–Trinajstić information content (AvgIpc) is 2.38. The SMILES string of the molecule is CCOCCN(C/C=C(/CC)C(=O)O)CCOCC. The lowest BCUT2D eigenvalue weighted by Crippen LogP contribution is -2.31. The molecule has 5 nitrogen and oxygen atoms in total. The van der Waals surface area contributed by atoms with Gasteiger partial charge in [0, 0.05) is 38.4 Å². The zero-order chi connectivity index (χ0) is 14.5. The molecule has 0 aromatic heterocycles. The highest BCUT2D eigenvalue weighted by Gasteiger charge is 2.07. The number of carboxylic acids is 1. The second-order valence-corrected chi connectivity index (χ2v) is 4.08. The monoisotopic (exact) mass is 273 g/mol. The Kier molecular flexibility index (Phi) is 11.6. The van der Waals surface area contributed by atoms with Crippen LogP contribution in [0, 0.1) is 0 Å². The van der Waals surface area contributed by atoms with Crippen molar-refractivity contribution in [3.63, 3.8) is 0 Å². The third-order valence-corrected chi connectivity index (χ3v) is 2.76. The third-order valence-electron chi connectivity index (χ3n) is 2.76. The van der Waals surface area contributed by atoms with E-state index in [9.17, 15) is 4.79 Å². The highest BCUT2D eigenvalue weighted by atomic mass is 16.5. The number of nitrogens with zero attached hydrogens (tertiary/aromatic N) is 1. The van der Waals surface area contributed by atoms with Crippen molar-refractivity contribution in [3.05, 3.63) is 11.6 Å². The number of carboxylic acid groups (broad SMARTS) is 1. The first kappa shape index (κ1) is 18.1. The molecule has 0 aromatic carbocycles. The predicted molar refractivity (Wildman–Crippen MR) is 75.4 cm³/mol. The predicted octanol–water partition coefficient (Wildman–Crippen LogP) is 1.78. The zero-order valence-corrected chi connectivity index (χ0v) is 12.4. The largest absolute Gasteiger partial charge is 0.478 e. The Morgan fingerprint density at radius 1 is 1.11 bits per heavy atom. The van der Waals surface area contributed by atoms with E-state index in [-0.39, 0.29) is 0 Å². The topological polar surface area (TPSA) is 59.0 Å². The Bertz CT molecular complexity index is 256. The highest BCUT2D eigenvalue weighted by Crippen LogP contribution is 2.01. The normalized spacial score (nSPS) is 12.1. The fourth-order valence-electron chi connectivity index (χ4n) is 1.59. The smallest absolute Gasteiger partial charge is 0.331 e. The van der Waals surface area contributed by atoms with Crippen molar-refractivity contribution in [2.45, 2.75) is 27.2 Å². The molecule has 0 saturated heterocycles. The summed E-state index contributed by atoms with van der Waals surface area (Å²) in [6, 6.07) is 0. The standard InChI is InChI=1S/C14H27NO4/c1-4-13(14(16)17)7-8-15(9-11-18-5-2)10-12-19-6-3/h7H,4-6,8-12H2,1-3H3,(H,16,17)/b13-7-. The molecule has 5 heteroatoms. The third kappa shape index (κ3) is 9.64. The number of ether oxygens (including phenoxy) is 2. The second-order valence-electron chi connectivity index (χ2n) is 4.08. The second kappa shape index (κ2) is 12.1. The van der Waals surface area contributed by atoms with Crippen molar-refractivity contribution < 1.29 is 19.4 Å². The molecule has 0 bridgehead atoms. The van der Waals surface area contributed by atoms with Crippen LogP contribution >= 0.6 is 0 Å². The van der Waals surface area contributed by atoms with E-state index < -0.39 is 5.97 Å². The lowest BCUT2D eigenvalue weighted by Gasteiger charge is -2.20.